The number of anilines is 1. The molecule has 1 atom stereocenters. The molecule has 8 nitrogen and oxygen atoms in total. The summed E-state index contributed by atoms with van der Waals surface area (Å²) in [6, 6.07) is 16.3. The minimum absolute atomic E-state index is 0.252. The van der Waals surface area contributed by atoms with Gasteiger partial charge in [0.1, 0.15) is 29.3 Å². The van der Waals surface area contributed by atoms with E-state index in [2.05, 4.69) is 32.1 Å². The summed E-state index contributed by atoms with van der Waals surface area (Å²) in [5.41, 5.74) is 10.3. The van der Waals surface area contributed by atoms with Gasteiger partial charge in [0, 0.05) is 44.1 Å². The molecule has 2 aromatic carbocycles. The minimum atomic E-state index is 0.252. The van der Waals surface area contributed by atoms with Crippen molar-refractivity contribution in [2.45, 2.75) is 19.0 Å². The van der Waals surface area contributed by atoms with Gasteiger partial charge in [-0.25, -0.2) is 9.97 Å². The zero-order valence-corrected chi connectivity index (χ0v) is 19.2. The van der Waals surface area contributed by atoms with Crippen LogP contribution in [0.15, 0.2) is 61.1 Å². The van der Waals surface area contributed by atoms with E-state index < -0.39 is 0 Å². The summed E-state index contributed by atoms with van der Waals surface area (Å²) in [6.45, 7) is 3.60. The highest BCUT2D eigenvalue weighted by Crippen LogP contribution is 2.37. The van der Waals surface area contributed by atoms with Crippen LogP contribution in [0, 0.1) is 0 Å². The average Bonchev–Trinajstić information content (AvgIpc) is 3.52. The molecular formula is C26H29N5O3. The molecular weight excluding hydrogens is 430 g/mol. The average molecular weight is 460 g/mol. The molecule has 1 aliphatic heterocycles. The molecule has 1 unspecified atom stereocenters. The molecule has 1 saturated heterocycles. The molecule has 4 aromatic rings. The maximum atomic E-state index is 6.28. The number of hydrogen-bond donors (Lipinski definition) is 2. The quantitative estimate of drug-likeness (QED) is 0.363. The molecule has 1 fully saturated rings. The van der Waals surface area contributed by atoms with Crippen molar-refractivity contribution in [2.75, 3.05) is 39.2 Å². The van der Waals surface area contributed by atoms with Gasteiger partial charge in [-0.3, -0.25) is 0 Å². The smallest absolute Gasteiger partial charge is 0.146 e. The summed E-state index contributed by atoms with van der Waals surface area (Å²) in [6.07, 6.45) is 4.60. The summed E-state index contributed by atoms with van der Waals surface area (Å²) in [5.74, 6) is 2.08. The molecule has 34 heavy (non-hydrogen) atoms. The fourth-order valence-corrected chi connectivity index (χ4v) is 4.32. The Bertz CT molecular complexity index is 1250. The Morgan fingerprint density at radius 1 is 1.15 bits per heavy atom. The largest absolute Gasteiger partial charge is 0.457 e. The maximum absolute atomic E-state index is 6.28. The van der Waals surface area contributed by atoms with E-state index in [9.17, 15) is 0 Å². The van der Waals surface area contributed by atoms with Gasteiger partial charge in [0.2, 0.25) is 0 Å². The first-order valence-corrected chi connectivity index (χ1v) is 11.5. The number of nitrogen functional groups attached to an aromatic ring is 1. The molecule has 0 radical (unpaired) electrons. The lowest BCUT2D eigenvalue weighted by Crippen LogP contribution is -2.18. The van der Waals surface area contributed by atoms with Crippen molar-refractivity contribution in [1.29, 1.82) is 0 Å². The number of benzene rings is 2. The Morgan fingerprint density at radius 2 is 2.00 bits per heavy atom. The monoisotopic (exact) mass is 459 g/mol. The van der Waals surface area contributed by atoms with E-state index in [1.807, 2.05) is 42.5 Å². The van der Waals surface area contributed by atoms with Crippen molar-refractivity contribution in [3.8, 4) is 22.6 Å². The van der Waals surface area contributed by atoms with Crippen LogP contribution in [0.25, 0.3) is 22.2 Å². The normalized spacial score (nSPS) is 15.7. The number of ether oxygens (including phenoxy) is 3. The van der Waals surface area contributed by atoms with E-state index in [4.69, 9.17) is 19.9 Å². The van der Waals surface area contributed by atoms with Crippen LogP contribution >= 0.6 is 0 Å². The molecule has 0 aliphatic carbocycles. The van der Waals surface area contributed by atoms with Gasteiger partial charge in [0.05, 0.1) is 24.6 Å². The van der Waals surface area contributed by atoms with E-state index in [1.165, 1.54) is 6.33 Å². The zero-order chi connectivity index (χ0) is 23.3. The number of para-hydroxylation sites is 1. The van der Waals surface area contributed by atoms with Crippen LogP contribution < -0.4 is 15.8 Å². The fourth-order valence-electron chi connectivity index (χ4n) is 4.32. The van der Waals surface area contributed by atoms with E-state index >= 15 is 0 Å². The molecule has 5 rings (SSSR count). The van der Waals surface area contributed by atoms with Crippen molar-refractivity contribution in [3.63, 3.8) is 0 Å². The standard InChI is InChI=1S/C26H29N5O3/c1-32-13-11-28-14-19-4-2-3-5-23(19)34-21-8-6-18(7-9-21)22-15-31(20-10-12-33-16-20)26-24(22)25(27)29-17-30-26/h2-9,15,17,20,28H,10-14,16H2,1H3,(H2,27,29,30). The molecule has 0 saturated carbocycles. The Labute approximate surface area is 198 Å². The lowest BCUT2D eigenvalue weighted by atomic mass is 10.1. The molecule has 0 amide bonds. The second-order valence-corrected chi connectivity index (χ2v) is 8.33. The van der Waals surface area contributed by atoms with Gasteiger partial charge in [0.25, 0.3) is 0 Å². The van der Waals surface area contributed by atoms with Crippen LogP contribution in [0.1, 0.15) is 18.0 Å². The summed E-state index contributed by atoms with van der Waals surface area (Å²) < 4.78 is 19.1. The van der Waals surface area contributed by atoms with Gasteiger partial charge in [-0.1, -0.05) is 30.3 Å². The minimum Gasteiger partial charge on any atom is -0.457 e. The summed E-state index contributed by atoms with van der Waals surface area (Å²) >= 11 is 0. The molecule has 3 heterocycles. The van der Waals surface area contributed by atoms with Crippen molar-refractivity contribution in [3.05, 3.63) is 66.6 Å². The Balaban J connectivity index is 1.40. The lowest BCUT2D eigenvalue weighted by Gasteiger charge is -2.12. The lowest BCUT2D eigenvalue weighted by molar-refractivity contribution is 0.187. The number of aromatic nitrogens is 3. The Kier molecular flexibility index (Phi) is 6.71. The van der Waals surface area contributed by atoms with Crippen LogP contribution in [0.3, 0.4) is 0 Å². The van der Waals surface area contributed by atoms with Crippen LogP contribution in [-0.4, -0.2) is 48.0 Å². The molecule has 176 valence electrons. The van der Waals surface area contributed by atoms with Gasteiger partial charge in [-0.05, 0) is 30.2 Å². The first kappa shape index (κ1) is 22.3. The Morgan fingerprint density at radius 3 is 2.79 bits per heavy atom. The van der Waals surface area contributed by atoms with Crippen LogP contribution in [-0.2, 0) is 16.0 Å². The first-order chi connectivity index (χ1) is 16.7. The number of nitrogens with one attached hydrogen (secondary N) is 1. The van der Waals surface area contributed by atoms with Crippen LogP contribution in [0.4, 0.5) is 5.82 Å². The highest BCUT2D eigenvalue weighted by atomic mass is 16.5. The molecule has 1 aliphatic rings. The van der Waals surface area contributed by atoms with Crippen molar-refractivity contribution >= 4 is 16.9 Å². The van der Waals surface area contributed by atoms with Gasteiger partial charge in [0.15, 0.2) is 0 Å². The van der Waals surface area contributed by atoms with Crippen molar-refractivity contribution in [2.24, 2.45) is 0 Å². The summed E-state index contributed by atoms with van der Waals surface area (Å²) in [4.78, 5) is 8.77. The highest BCUT2D eigenvalue weighted by molar-refractivity contribution is 6.00. The van der Waals surface area contributed by atoms with Gasteiger partial charge >= 0.3 is 0 Å². The number of nitrogens with two attached hydrogens (primary N) is 1. The number of rotatable bonds is 9. The van der Waals surface area contributed by atoms with Gasteiger partial charge in [-0.2, -0.15) is 0 Å². The Hall–Kier alpha value is -3.46. The molecule has 0 bridgehead atoms. The number of fused-ring (bicyclic) bond motifs is 1. The first-order valence-electron chi connectivity index (χ1n) is 11.5. The molecule has 3 N–H and O–H groups in total. The third-order valence-electron chi connectivity index (χ3n) is 6.10. The van der Waals surface area contributed by atoms with E-state index in [1.54, 1.807) is 7.11 Å². The van der Waals surface area contributed by atoms with E-state index in [0.717, 1.165) is 58.8 Å². The van der Waals surface area contributed by atoms with E-state index in [-0.39, 0.29) is 6.04 Å². The molecule has 8 heteroatoms. The summed E-state index contributed by atoms with van der Waals surface area (Å²) in [7, 11) is 1.70. The number of hydrogen-bond acceptors (Lipinski definition) is 7. The van der Waals surface area contributed by atoms with E-state index in [0.29, 0.717) is 25.6 Å². The van der Waals surface area contributed by atoms with Crippen LogP contribution in [0.5, 0.6) is 11.5 Å². The van der Waals surface area contributed by atoms with Crippen molar-refractivity contribution < 1.29 is 14.2 Å². The second-order valence-electron chi connectivity index (χ2n) is 8.33. The second kappa shape index (κ2) is 10.2. The van der Waals surface area contributed by atoms with Gasteiger partial charge < -0.3 is 29.8 Å². The fraction of sp³-hybridized carbons (Fsp3) is 0.308. The predicted octanol–water partition coefficient (Wildman–Crippen LogP) is 4.17. The SMILES string of the molecule is COCCNCc1ccccc1Oc1ccc(-c2cn(C3CCOC3)c3ncnc(N)c23)cc1. The topological polar surface area (TPSA) is 96.5 Å². The maximum Gasteiger partial charge on any atom is 0.146 e. The zero-order valence-electron chi connectivity index (χ0n) is 19.2. The molecule has 2 aromatic heterocycles. The summed E-state index contributed by atoms with van der Waals surface area (Å²) in [5, 5.41) is 4.24. The molecule has 0 spiro atoms. The van der Waals surface area contributed by atoms with Crippen LogP contribution in [0.2, 0.25) is 0 Å². The number of methoxy groups -OCH3 is 1. The third-order valence-corrected chi connectivity index (χ3v) is 6.10. The van der Waals surface area contributed by atoms with Crippen molar-refractivity contribution in [1.82, 2.24) is 19.9 Å². The third kappa shape index (κ3) is 4.61. The predicted molar refractivity (Wildman–Crippen MR) is 132 cm³/mol. The highest BCUT2D eigenvalue weighted by Gasteiger charge is 2.23. The number of nitrogens with zero attached hydrogens (tertiary/aromatic N) is 3. The van der Waals surface area contributed by atoms with Gasteiger partial charge in [-0.15, -0.1) is 0 Å².